The maximum Gasteiger partial charge on any atom is 0.407 e. The lowest BCUT2D eigenvalue weighted by atomic mass is 10.0. The first-order valence-corrected chi connectivity index (χ1v) is 8.87. The number of ether oxygens (including phenoxy) is 2. The summed E-state index contributed by atoms with van der Waals surface area (Å²) >= 11 is 0. The predicted octanol–water partition coefficient (Wildman–Crippen LogP) is 1.41. The maximum absolute atomic E-state index is 12.1. The van der Waals surface area contributed by atoms with Gasteiger partial charge in [0, 0.05) is 25.1 Å². The quantitative estimate of drug-likeness (QED) is 0.753. The SMILES string of the molecule is COc1ccc(CC2NCCC2OC(=O)NCCc2cc(C)on2)cc1.O. The second-order valence-corrected chi connectivity index (χ2v) is 6.45. The number of rotatable bonds is 7. The van der Waals surface area contributed by atoms with Crippen LogP contribution in [0.15, 0.2) is 34.9 Å². The van der Waals surface area contributed by atoms with Crippen LogP contribution in [0, 0.1) is 6.92 Å². The highest BCUT2D eigenvalue weighted by Gasteiger charge is 2.30. The minimum absolute atomic E-state index is 0. The lowest BCUT2D eigenvalue weighted by molar-refractivity contribution is 0.0901. The van der Waals surface area contributed by atoms with Crippen LogP contribution >= 0.6 is 0 Å². The van der Waals surface area contributed by atoms with Gasteiger partial charge in [0.25, 0.3) is 0 Å². The van der Waals surface area contributed by atoms with E-state index in [1.165, 1.54) is 5.56 Å². The molecule has 0 saturated carbocycles. The molecule has 2 aromatic rings. The van der Waals surface area contributed by atoms with Gasteiger partial charge in [0.05, 0.1) is 12.8 Å². The van der Waals surface area contributed by atoms with Crippen molar-refractivity contribution in [3.05, 3.63) is 47.3 Å². The van der Waals surface area contributed by atoms with E-state index in [2.05, 4.69) is 15.8 Å². The van der Waals surface area contributed by atoms with E-state index in [1.54, 1.807) is 7.11 Å². The van der Waals surface area contributed by atoms with Gasteiger partial charge in [-0.2, -0.15) is 0 Å². The van der Waals surface area contributed by atoms with Gasteiger partial charge < -0.3 is 30.1 Å². The van der Waals surface area contributed by atoms with Crippen LogP contribution in [0.25, 0.3) is 0 Å². The van der Waals surface area contributed by atoms with Crippen molar-refractivity contribution in [3.63, 3.8) is 0 Å². The van der Waals surface area contributed by atoms with E-state index in [0.717, 1.165) is 36.6 Å². The average Bonchev–Trinajstić information content (AvgIpc) is 3.25. The van der Waals surface area contributed by atoms with E-state index in [4.69, 9.17) is 14.0 Å². The van der Waals surface area contributed by atoms with E-state index in [9.17, 15) is 4.79 Å². The van der Waals surface area contributed by atoms with E-state index >= 15 is 0 Å². The molecule has 8 nitrogen and oxygen atoms in total. The van der Waals surface area contributed by atoms with Crippen molar-refractivity contribution in [2.24, 2.45) is 0 Å². The van der Waals surface area contributed by atoms with Crippen molar-refractivity contribution in [1.29, 1.82) is 0 Å². The normalized spacial score (nSPS) is 18.6. The lowest BCUT2D eigenvalue weighted by Crippen LogP contribution is -2.38. The Kier molecular flexibility index (Phi) is 7.63. The van der Waals surface area contributed by atoms with E-state index in [0.29, 0.717) is 13.0 Å². The Hall–Kier alpha value is -2.58. The summed E-state index contributed by atoms with van der Waals surface area (Å²) in [7, 11) is 1.65. The molecule has 1 aromatic heterocycles. The Morgan fingerprint density at radius 2 is 2.15 bits per heavy atom. The molecule has 1 aliphatic heterocycles. The first kappa shape index (κ1) is 20.7. The van der Waals surface area contributed by atoms with Gasteiger partial charge >= 0.3 is 6.09 Å². The summed E-state index contributed by atoms with van der Waals surface area (Å²) in [5.41, 5.74) is 2.00. The van der Waals surface area contributed by atoms with Crippen LogP contribution in [0.5, 0.6) is 5.75 Å². The van der Waals surface area contributed by atoms with Gasteiger partial charge in [-0.05, 0) is 44.0 Å². The fourth-order valence-corrected chi connectivity index (χ4v) is 3.11. The molecule has 1 saturated heterocycles. The van der Waals surface area contributed by atoms with Crippen LogP contribution in [-0.2, 0) is 17.6 Å². The van der Waals surface area contributed by atoms with Crippen LogP contribution in [0.2, 0.25) is 0 Å². The largest absolute Gasteiger partial charge is 0.497 e. The zero-order valence-electron chi connectivity index (χ0n) is 15.7. The van der Waals surface area contributed by atoms with Crippen LogP contribution in [0.1, 0.15) is 23.4 Å². The number of carbonyl (C=O) groups excluding carboxylic acids is 1. The molecule has 0 spiro atoms. The Labute approximate surface area is 158 Å². The molecule has 1 aliphatic rings. The zero-order chi connectivity index (χ0) is 18.4. The van der Waals surface area contributed by atoms with Gasteiger partial charge in [-0.15, -0.1) is 0 Å². The fourth-order valence-electron chi connectivity index (χ4n) is 3.11. The third-order valence-corrected chi connectivity index (χ3v) is 4.48. The second kappa shape index (κ2) is 9.94. The molecule has 1 amide bonds. The van der Waals surface area contributed by atoms with Gasteiger partial charge in [0.15, 0.2) is 0 Å². The van der Waals surface area contributed by atoms with Crippen molar-refractivity contribution < 1.29 is 24.3 Å². The minimum Gasteiger partial charge on any atom is -0.497 e. The summed E-state index contributed by atoms with van der Waals surface area (Å²) in [5.74, 6) is 1.60. The predicted molar refractivity (Wildman–Crippen MR) is 99.9 cm³/mol. The standard InChI is InChI=1S/C19H25N3O4.H2O/c1-13-11-15(22-26-13)7-9-21-19(23)25-18-8-10-20-17(18)12-14-3-5-16(24-2)6-4-14;/h3-6,11,17-18,20H,7-10,12H2,1-2H3,(H,21,23);1H2. The highest BCUT2D eigenvalue weighted by atomic mass is 16.6. The minimum atomic E-state index is -0.390. The number of nitrogens with zero attached hydrogens (tertiary/aromatic N) is 1. The Balaban J connectivity index is 0.00000261. The number of hydrogen-bond acceptors (Lipinski definition) is 6. The number of aryl methyl sites for hydroxylation is 1. The fraction of sp³-hybridized carbons (Fsp3) is 0.474. The number of methoxy groups -OCH3 is 1. The van der Waals surface area contributed by atoms with Crippen LogP contribution in [0.4, 0.5) is 4.79 Å². The number of carbonyl (C=O) groups is 1. The molecule has 2 heterocycles. The molecule has 148 valence electrons. The summed E-state index contributed by atoms with van der Waals surface area (Å²) in [4.78, 5) is 12.1. The van der Waals surface area contributed by atoms with Crippen LogP contribution < -0.4 is 15.4 Å². The highest BCUT2D eigenvalue weighted by molar-refractivity contribution is 5.67. The van der Waals surface area contributed by atoms with Crippen molar-refractivity contribution in [3.8, 4) is 5.75 Å². The summed E-state index contributed by atoms with van der Waals surface area (Å²) in [6, 6.07) is 9.94. The number of hydrogen-bond donors (Lipinski definition) is 2. The molecule has 0 radical (unpaired) electrons. The number of nitrogens with one attached hydrogen (secondary N) is 2. The van der Waals surface area contributed by atoms with Gasteiger partial charge in [0.1, 0.15) is 17.6 Å². The van der Waals surface area contributed by atoms with Crippen LogP contribution in [0.3, 0.4) is 0 Å². The average molecular weight is 377 g/mol. The summed E-state index contributed by atoms with van der Waals surface area (Å²) in [6.07, 6.45) is 1.71. The Morgan fingerprint density at radius 1 is 1.37 bits per heavy atom. The molecule has 0 aliphatic carbocycles. The zero-order valence-corrected chi connectivity index (χ0v) is 15.7. The third kappa shape index (κ3) is 5.97. The second-order valence-electron chi connectivity index (χ2n) is 6.45. The third-order valence-electron chi connectivity index (χ3n) is 4.48. The molecule has 0 bridgehead atoms. The highest BCUT2D eigenvalue weighted by Crippen LogP contribution is 2.18. The first-order chi connectivity index (χ1) is 12.6. The number of benzene rings is 1. The van der Waals surface area contributed by atoms with Crippen LogP contribution in [-0.4, -0.2) is 49.1 Å². The molecule has 8 heteroatoms. The molecular weight excluding hydrogens is 350 g/mol. The summed E-state index contributed by atoms with van der Waals surface area (Å²) < 4.78 is 15.8. The van der Waals surface area contributed by atoms with Crippen molar-refractivity contribution in [2.45, 2.75) is 38.3 Å². The van der Waals surface area contributed by atoms with E-state index < -0.39 is 6.09 Å². The summed E-state index contributed by atoms with van der Waals surface area (Å²) in [5, 5.41) is 10.1. The lowest BCUT2D eigenvalue weighted by Gasteiger charge is -2.20. The Morgan fingerprint density at radius 3 is 2.81 bits per heavy atom. The topological polar surface area (TPSA) is 117 Å². The van der Waals surface area contributed by atoms with E-state index in [-0.39, 0.29) is 17.6 Å². The van der Waals surface area contributed by atoms with Crippen molar-refractivity contribution >= 4 is 6.09 Å². The van der Waals surface area contributed by atoms with Crippen molar-refractivity contribution in [2.75, 3.05) is 20.2 Å². The smallest absolute Gasteiger partial charge is 0.407 e. The Bertz CT molecular complexity index is 716. The molecule has 1 aromatic carbocycles. The van der Waals surface area contributed by atoms with Gasteiger partial charge in [-0.25, -0.2) is 4.79 Å². The van der Waals surface area contributed by atoms with Gasteiger partial charge in [0.2, 0.25) is 0 Å². The number of amides is 1. The molecule has 1 fully saturated rings. The van der Waals surface area contributed by atoms with Gasteiger partial charge in [-0.1, -0.05) is 17.3 Å². The van der Waals surface area contributed by atoms with Crippen molar-refractivity contribution in [1.82, 2.24) is 15.8 Å². The number of alkyl carbamates (subject to hydrolysis) is 1. The number of aromatic nitrogens is 1. The maximum atomic E-state index is 12.1. The molecular formula is C19H27N3O5. The molecule has 3 rings (SSSR count). The molecule has 2 atom stereocenters. The van der Waals surface area contributed by atoms with E-state index in [1.807, 2.05) is 37.3 Å². The molecule has 27 heavy (non-hydrogen) atoms. The monoisotopic (exact) mass is 377 g/mol. The molecule has 2 unspecified atom stereocenters. The summed E-state index contributed by atoms with van der Waals surface area (Å²) in [6.45, 7) is 3.15. The van der Waals surface area contributed by atoms with Gasteiger partial charge in [-0.3, -0.25) is 0 Å². The first-order valence-electron chi connectivity index (χ1n) is 8.87. The molecule has 4 N–H and O–H groups in total.